The summed E-state index contributed by atoms with van der Waals surface area (Å²) in [6.45, 7) is 2.15. The van der Waals surface area contributed by atoms with Crippen LogP contribution in [0.5, 0.6) is 0 Å². The highest BCUT2D eigenvalue weighted by Crippen LogP contribution is 2.55. The Kier molecular flexibility index (Phi) is 7.79. The van der Waals surface area contributed by atoms with Crippen molar-refractivity contribution in [2.45, 2.75) is 30.7 Å². The van der Waals surface area contributed by atoms with E-state index in [0.717, 1.165) is 44.8 Å². The lowest BCUT2D eigenvalue weighted by Crippen LogP contribution is -2.29. The van der Waals surface area contributed by atoms with Crippen LogP contribution in [0.1, 0.15) is 35.2 Å². The van der Waals surface area contributed by atoms with E-state index in [-0.39, 0.29) is 12.0 Å². The molecule has 7 aromatic rings. The van der Waals surface area contributed by atoms with Gasteiger partial charge in [-0.3, -0.25) is 0 Å². The largest absolute Gasteiger partial charge is 0.333 e. The predicted octanol–water partition coefficient (Wildman–Crippen LogP) is 12.9. The summed E-state index contributed by atoms with van der Waals surface area (Å²) in [5.74, 6) is -9.88. The Morgan fingerprint density at radius 2 is 1.27 bits per heavy atom. The fourth-order valence-corrected chi connectivity index (χ4v) is 9.17. The Bertz CT molecular complexity index is 2790. The number of para-hydroxylation sites is 1. The predicted molar refractivity (Wildman–Crippen MR) is 214 cm³/mol. The second kappa shape index (κ2) is 12.8. The Balaban J connectivity index is 1.16. The van der Waals surface area contributed by atoms with Gasteiger partial charge in [-0.25, -0.2) is 22.0 Å². The summed E-state index contributed by atoms with van der Waals surface area (Å²) in [6, 6.07) is 40.8. The van der Waals surface area contributed by atoms with Crippen LogP contribution >= 0.6 is 0 Å². The van der Waals surface area contributed by atoms with Gasteiger partial charge in [0.25, 0.3) is 0 Å². The highest BCUT2D eigenvalue weighted by atomic mass is 19.2. The molecule has 1 aliphatic heterocycles. The van der Waals surface area contributed by atoms with Crippen LogP contribution in [-0.2, 0) is 11.8 Å². The maximum absolute atomic E-state index is 15.4. The minimum Gasteiger partial charge on any atom is -0.333 e. The van der Waals surface area contributed by atoms with Crippen molar-refractivity contribution in [1.82, 2.24) is 4.57 Å². The lowest BCUT2D eigenvalue weighted by Gasteiger charge is -2.33. The molecule has 0 radical (unpaired) electrons. The molecule has 3 atom stereocenters. The van der Waals surface area contributed by atoms with Gasteiger partial charge in [0.2, 0.25) is 5.82 Å². The van der Waals surface area contributed by atoms with Gasteiger partial charge in [-0.15, -0.1) is 0 Å². The summed E-state index contributed by atoms with van der Waals surface area (Å²) >= 11 is 0. The highest BCUT2D eigenvalue weighted by molar-refractivity contribution is 5.93. The lowest BCUT2D eigenvalue weighted by molar-refractivity contribution is 0.376. The van der Waals surface area contributed by atoms with Crippen molar-refractivity contribution < 1.29 is 22.0 Å². The normalized spacial score (nSPS) is 19.4. The third-order valence-electron chi connectivity index (χ3n) is 11.7. The van der Waals surface area contributed by atoms with Gasteiger partial charge in [0.15, 0.2) is 23.3 Å². The van der Waals surface area contributed by atoms with E-state index in [1.165, 1.54) is 10.1 Å². The molecular weight excluding hydrogens is 712 g/mol. The maximum Gasteiger partial charge on any atom is 0.200 e. The lowest BCUT2D eigenvalue weighted by atomic mass is 9.70. The highest BCUT2D eigenvalue weighted by Gasteiger charge is 2.44. The third-order valence-corrected chi connectivity index (χ3v) is 11.7. The Morgan fingerprint density at radius 1 is 0.607 bits per heavy atom. The number of benzene rings is 6. The van der Waals surface area contributed by atoms with Crippen molar-refractivity contribution in [2.75, 3.05) is 4.90 Å². The SMILES string of the molecule is CC1(c2cccc3c2C2C=CC=CC2N3c2cc(-c3ccccc3)ccc2-c2ccccc2)C=Cc2c(c3ccccc3n2-c2c(F)c(F)c(F)c(F)c2F)C1. The molecule has 2 heterocycles. The van der Waals surface area contributed by atoms with E-state index in [9.17, 15) is 13.2 Å². The number of anilines is 2. The fraction of sp³-hybridized carbons (Fsp3) is 0.102. The van der Waals surface area contributed by atoms with Gasteiger partial charge < -0.3 is 9.47 Å². The molecule has 0 fully saturated rings. The fourth-order valence-electron chi connectivity index (χ4n) is 9.17. The molecule has 1 aromatic heterocycles. The summed E-state index contributed by atoms with van der Waals surface area (Å²) < 4.78 is 75.5. The van der Waals surface area contributed by atoms with Gasteiger partial charge in [0.1, 0.15) is 5.69 Å². The first-order valence-electron chi connectivity index (χ1n) is 18.6. The van der Waals surface area contributed by atoms with Gasteiger partial charge in [-0.1, -0.05) is 140 Å². The average molecular weight is 745 g/mol. The first-order valence-corrected chi connectivity index (χ1v) is 18.6. The summed E-state index contributed by atoms with van der Waals surface area (Å²) in [7, 11) is 0. The molecule has 3 unspecified atom stereocenters. The third kappa shape index (κ3) is 5.00. The van der Waals surface area contributed by atoms with E-state index in [1.807, 2.05) is 42.5 Å². The molecule has 0 N–H and O–H groups in total. The number of nitrogens with zero attached hydrogens (tertiary/aromatic N) is 2. The summed E-state index contributed by atoms with van der Waals surface area (Å²) in [5, 5.41) is 0.680. The van der Waals surface area contributed by atoms with Gasteiger partial charge >= 0.3 is 0 Å². The Labute approximate surface area is 320 Å². The smallest absolute Gasteiger partial charge is 0.200 e. The van der Waals surface area contributed by atoms with E-state index >= 15 is 8.78 Å². The van der Waals surface area contributed by atoms with Gasteiger partial charge in [0.05, 0.1) is 17.2 Å². The molecule has 0 spiro atoms. The number of hydrogen-bond donors (Lipinski definition) is 0. The van der Waals surface area contributed by atoms with Gasteiger partial charge in [0, 0.05) is 33.7 Å². The topological polar surface area (TPSA) is 8.17 Å². The molecule has 274 valence electrons. The van der Waals surface area contributed by atoms with Crippen LogP contribution in [0, 0.1) is 29.1 Å². The second-order valence-electron chi connectivity index (χ2n) is 14.9. The Morgan fingerprint density at radius 3 is 2.02 bits per heavy atom. The number of fused-ring (bicyclic) bond motifs is 6. The average Bonchev–Trinajstić information content (AvgIpc) is 3.75. The van der Waals surface area contributed by atoms with Gasteiger partial charge in [-0.05, 0) is 64.1 Å². The van der Waals surface area contributed by atoms with Crippen LogP contribution in [-0.4, -0.2) is 10.6 Å². The maximum atomic E-state index is 15.4. The van der Waals surface area contributed by atoms with Crippen molar-refractivity contribution in [3.8, 4) is 27.9 Å². The van der Waals surface area contributed by atoms with E-state index in [1.54, 1.807) is 18.2 Å². The minimum absolute atomic E-state index is 0.0107. The molecule has 3 aliphatic rings. The summed E-state index contributed by atoms with van der Waals surface area (Å²) in [5.41, 5.74) is 8.80. The molecule has 2 nitrogen and oxygen atoms in total. The van der Waals surface area contributed by atoms with Crippen LogP contribution in [0.3, 0.4) is 0 Å². The molecule has 10 rings (SSSR count). The number of halogens is 5. The second-order valence-corrected chi connectivity index (χ2v) is 14.9. The zero-order chi connectivity index (χ0) is 38.3. The molecule has 6 aromatic carbocycles. The van der Waals surface area contributed by atoms with E-state index in [0.29, 0.717) is 23.0 Å². The number of aromatic nitrogens is 1. The molecule has 56 heavy (non-hydrogen) atoms. The van der Waals surface area contributed by atoms with E-state index in [4.69, 9.17) is 0 Å². The van der Waals surface area contributed by atoms with Crippen LogP contribution in [0.4, 0.5) is 33.3 Å². The first-order chi connectivity index (χ1) is 27.2. The van der Waals surface area contributed by atoms with Crippen molar-refractivity contribution in [3.05, 3.63) is 203 Å². The number of allylic oxidation sites excluding steroid dienone is 3. The zero-order valence-electron chi connectivity index (χ0n) is 30.2. The van der Waals surface area contributed by atoms with Gasteiger partial charge in [-0.2, -0.15) is 0 Å². The van der Waals surface area contributed by atoms with Crippen molar-refractivity contribution in [2.24, 2.45) is 0 Å². The number of hydrogen-bond acceptors (Lipinski definition) is 1. The first kappa shape index (κ1) is 34.1. The van der Waals surface area contributed by atoms with Crippen LogP contribution in [0.25, 0.3) is 44.9 Å². The standard InChI is InChI=1S/C49H33F5N2/c1-49(26-25-39-35(28-49)33-17-8-10-20-37(33)56(39)48-46(53)44(51)43(50)45(52)47(48)54)36-19-12-22-40-42(36)34-18-9-11-21-38(34)55(40)41-27-31(29-13-4-2-5-14-29)23-24-32(41)30-15-6-3-7-16-30/h2-27,34,38H,28H2,1H3. The van der Waals surface area contributed by atoms with E-state index < -0.39 is 40.2 Å². The Hall–Kier alpha value is -6.47. The molecule has 0 amide bonds. The van der Waals surface area contributed by atoms with Crippen molar-refractivity contribution in [3.63, 3.8) is 0 Å². The summed E-state index contributed by atoms with van der Waals surface area (Å²) in [6.07, 6.45) is 12.9. The van der Waals surface area contributed by atoms with Crippen molar-refractivity contribution in [1.29, 1.82) is 0 Å². The quantitative estimate of drug-likeness (QED) is 0.0968. The molecular formula is C49H33F5N2. The molecule has 0 saturated heterocycles. The van der Waals surface area contributed by atoms with E-state index in [2.05, 4.69) is 109 Å². The molecule has 7 heteroatoms. The van der Waals surface area contributed by atoms with Crippen molar-refractivity contribution >= 4 is 28.4 Å². The molecule has 0 saturated carbocycles. The summed E-state index contributed by atoms with van der Waals surface area (Å²) in [4.78, 5) is 2.45. The van der Waals surface area contributed by atoms with Crippen LogP contribution in [0.15, 0.2) is 152 Å². The van der Waals surface area contributed by atoms with Crippen LogP contribution < -0.4 is 4.90 Å². The monoisotopic (exact) mass is 744 g/mol. The molecule has 2 aliphatic carbocycles. The van der Waals surface area contributed by atoms with Crippen LogP contribution in [0.2, 0.25) is 0 Å². The zero-order valence-corrected chi connectivity index (χ0v) is 30.2. The minimum atomic E-state index is -2.18. The molecule has 0 bridgehead atoms. The number of rotatable bonds is 5.